The molecule has 0 fully saturated rings. The molecule has 1 aromatic carbocycles. The second-order valence-corrected chi connectivity index (χ2v) is 5.55. The van der Waals surface area contributed by atoms with Crippen LogP contribution in [0.5, 0.6) is 5.75 Å². The van der Waals surface area contributed by atoms with Gasteiger partial charge in [0.05, 0.1) is 29.9 Å². The van der Waals surface area contributed by atoms with Crippen molar-refractivity contribution in [3.63, 3.8) is 0 Å². The normalized spacial score (nSPS) is 10.8. The minimum Gasteiger partial charge on any atom is -0.495 e. The summed E-state index contributed by atoms with van der Waals surface area (Å²) in [5.41, 5.74) is 3.34. The zero-order valence-corrected chi connectivity index (χ0v) is 12.9. The van der Waals surface area contributed by atoms with Gasteiger partial charge in [0.1, 0.15) is 5.75 Å². The van der Waals surface area contributed by atoms with Crippen LogP contribution >= 0.6 is 22.9 Å². The van der Waals surface area contributed by atoms with Gasteiger partial charge in [-0.25, -0.2) is 4.98 Å². The lowest BCUT2D eigenvalue weighted by Crippen LogP contribution is -2.25. The summed E-state index contributed by atoms with van der Waals surface area (Å²) in [6.45, 7) is 0.972. The Bertz CT molecular complexity index is 587. The van der Waals surface area contributed by atoms with Crippen LogP contribution in [-0.4, -0.2) is 36.4 Å². The van der Waals surface area contributed by atoms with E-state index in [1.165, 1.54) is 0 Å². The number of ketones is 1. The van der Waals surface area contributed by atoms with Crippen LogP contribution in [0.25, 0.3) is 0 Å². The highest BCUT2D eigenvalue weighted by molar-refractivity contribution is 7.07. The summed E-state index contributed by atoms with van der Waals surface area (Å²) in [5.74, 6) is 0.589. The van der Waals surface area contributed by atoms with Crippen LogP contribution < -0.4 is 4.74 Å². The van der Waals surface area contributed by atoms with E-state index >= 15 is 0 Å². The first-order valence-electron chi connectivity index (χ1n) is 6.02. The number of hydrogen-bond donors (Lipinski definition) is 0. The maximum atomic E-state index is 12.2. The molecule has 0 saturated heterocycles. The summed E-state index contributed by atoms with van der Waals surface area (Å²) >= 11 is 7.57. The molecule has 0 aliphatic heterocycles. The fourth-order valence-electron chi connectivity index (χ4n) is 1.82. The number of nitrogens with zero attached hydrogens (tertiary/aromatic N) is 2. The number of hydrogen-bond acceptors (Lipinski definition) is 5. The number of halogens is 1. The molecule has 20 heavy (non-hydrogen) atoms. The fourth-order valence-corrected chi connectivity index (χ4v) is 2.63. The summed E-state index contributed by atoms with van der Waals surface area (Å²) in [6, 6.07) is 5.07. The van der Waals surface area contributed by atoms with Gasteiger partial charge < -0.3 is 4.74 Å². The van der Waals surface area contributed by atoms with Crippen molar-refractivity contribution in [2.45, 2.75) is 6.54 Å². The minimum atomic E-state index is 0.0206. The molecule has 0 atom stereocenters. The number of carbonyl (C=O) groups excluding carboxylic acids is 1. The molecule has 0 aliphatic rings. The molecule has 0 N–H and O–H groups in total. The quantitative estimate of drug-likeness (QED) is 0.769. The van der Waals surface area contributed by atoms with Gasteiger partial charge in [-0.05, 0) is 25.2 Å². The van der Waals surface area contributed by atoms with Gasteiger partial charge in [0.15, 0.2) is 5.78 Å². The van der Waals surface area contributed by atoms with Gasteiger partial charge in [-0.3, -0.25) is 9.69 Å². The van der Waals surface area contributed by atoms with Crippen molar-refractivity contribution in [3.8, 4) is 5.75 Å². The van der Waals surface area contributed by atoms with E-state index in [9.17, 15) is 4.79 Å². The molecule has 2 aromatic rings. The van der Waals surface area contributed by atoms with E-state index in [2.05, 4.69) is 4.98 Å². The number of thiazole rings is 1. The van der Waals surface area contributed by atoms with Crippen LogP contribution in [0.1, 0.15) is 16.1 Å². The van der Waals surface area contributed by atoms with Crippen LogP contribution in [0.3, 0.4) is 0 Å². The molecule has 0 unspecified atom stereocenters. The SMILES string of the molecule is COc1ccc(C(=O)CN(C)Cc2cscn2)cc1Cl. The first-order valence-corrected chi connectivity index (χ1v) is 7.34. The maximum absolute atomic E-state index is 12.2. The number of carbonyl (C=O) groups is 1. The van der Waals surface area contributed by atoms with Gasteiger partial charge >= 0.3 is 0 Å². The molecular weight excluding hydrogens is 296 g/mol. The third-order valence-corrected chi connectivity index (χ3v) is 3.73. The Morgan fingerprint density at radius 2 is 2.30 bits per heavy atom. The van der Waals surface area contributed by atoms with Gasteiger partial charge in [0, 0.05) is 17.5 Å². The first-order chi connectivity index (χ1) is 9.60. The van der Waals surface area contributed by atoms with Gasteiger partial charge in [0.25, 0.3) is 0 Å². The molecule has 2 rings (SSSR count). The number of aromatic nitrogens is 1. The Labute approximate surface area is 127 Å². The standard InChI is InChI=1S/C14H15ClN2O2S/c1-17(6-11-8-20-9-16-11)7-13(18)10-3-4-14(19-2)12(15)5-10/h3-5,8-9H,6-7H2,1-2H3. The Kier molecular flexibility index (Phi) is 5.11. The van der Waals surface area contributed by atoms with Crippen LogP contribution in [-0.2, 0) is 6.54 Å². The van der Waals surface area contributed by atoms with Crippen molar-refractivity contribution >= 4 is 28.7 Å². The van der Waals surface area contributed by atoms with Crippen molar-refractivity contribution in [3.05, 3.63) is 45.4 Å². The molecule has 1 heterocycles. The smallest absolute Gasteiger partial charge is 0.176 e. The van der Waals surface area contributed by atoms with E-state index < -0.39 is 0 Å². The summed E-state index contributed by atoms with van der Waals surface area (Å²) in [5, 5.41) is 2.42. The van der Waals surface area contributed by atoms with E-state index in [0.717, 1.165) is 5.69 Å². The zero-order chi connectivity index (χ0) is 14.5. The van der Waals surface area contributed by atoms with Crippen LogP contribution in [0, 0.1) is 0 Å². The monoisotopic (exact) mass is 310 g/mol. The minimum absolute atomic E-state index is 0.0206. The lowest BCUT2D eigenvalue weighted by atomic mass is 10.1. The number of likely N-dealkylation sites (N-methyl/N-ethyl adjacent to an activating group) is 1. The van der Waals surface area contributed by atoms with E-state index in [-0.39, 0.29) is 5.78 Å². The predicted octanol–water partition coefficient (Wildman–Crippen LogP) is 3.12. The molecule has 0 radical (unpaired) electrons. The van der Waals surface area contributed by atoms with Crippen molar-refractivity contribution in [2.24, 2.45) is 0 Å². The molecule has 0 amide bonds. The predicted molar refractivity (Wildman–Crippen MR) is 80.8 cm³/mol. The second-order valence-electron chi connectivity index (χ2n) is 4.42. The fraction of sp³-hybridized carbons (Fsp3) is 0.286. The average molecular weight is 311 g/mol. The lowest BCUT2D eigenvalue weighted by molar-refractivity contribution is 0.0942. The largest absolute Gasteiger partial charge is 0.495 e. The molecule has 0 aliphatic carbocycles. The molecule has 1 aromatic heterocycles. The van der Waals surface area contributed by atoms with Crippen molar-refractivity contribution in [1.82, 2.24) is 9.88 Å². The summed E-state index contributed by atoms with van der Waals surface area (Å²) in [6.07, 6.45) is 0. The lowest BCUT2D eigenvalue weighted by Gasteiger charge is -2.14. The third kappa shape index (κ3) is 3.79. The molecular formula is C14H15ClN2O2S. The van der Waals surface area contributed by atoms with Crippen molar-refractivity contribution < 1.29 is 9.53 Å². The van der Waals surface area contributed by atoms with E-state index in [4.69, 9.17) is 16.3 Å². The molecule has 0 saturated carbocycles. The molecule has 6 heteroatoms. The molecule has 0 bridgehead atoms. The van der Waals surface area contributed by atoms with Crippen molar-refractivity contribution in [2.75, 3.05) is 20.7 Å². The van der Waals surface area contributed by atoms with Crippen LogP contribution in [0.2, 0.25) is 5.02 Å². The number of benzene rings is 1. The first kappa shape index (κ1) is 15.0. The number of ether oxygens (including phenoxy) is 1. The van der Waals surface area contributed by atoms with Crippen molar-refractivity contribution in [1.29, 1.82) is 0 Å². The molecule has 106 valence electrons. The summed E-state index contributed by atoms with van der Waals surface area (Å²) in [7, 11) is 3.44. The van der Waals surface area contributed by atoms with Gasteiger partial charge in [0.2, 0.25) is 0 Å². The van der Waals surface area contributed by atoms with Crippen LogP contribution in [0.15, 0.2) is 29.1 Å². The highest BCUT2D eigenvalue weighted by atomic mass is 35.5. The third-order valence-electron chi connectivity index (χ3n) is 2.80. The Balaban J connectivity index is 1.99. The van der Waals surface area contributed by atoms with Gasteiger partial charge in [-0.2, -0.15) is 0 Å². The molecule has 0 spiro atoms. The van der Waals surface area contributed by atoms with Gasteiger partial charge in [-0.15, -0.1) is 11.3 Å². The summed E-state index contributed by atoms with van der Waals surface area (Å²) < 4.78 is 5.07. The van der Waals surface area contributed by atoms with E-state index in [1.807, 2.05) is 17.3 Å². The second kappa shape index (κ2) is 6.83. The number of Topliss-reactive ketones (excluding diaryl/α,β-unsaturated/α-hetero) is 1. The number of methoxy groups -OCH3 is 1. The Hall–Kier alpha value is -1.43. The highest BCUT2D eigenvalue weighted by Gasteiger charge is 2.12. The Morgan fingerprint density at radius 3 is 2.90 bits per heavy atom. The Morgan fingerprint density at radius 1 is 1.50 bits per heavy atom. The highest BCUT2D eigenvalue weighted by Crippen LogP contribution is 2.25. The van der Waals surface area contributed by atoms with E-state index in [0.29, 0.717) is 29.4 Å². The van der Waals surface area contributed by atoms with Gasteiger partial charge in [-0.1, -0.05) is 11.6 Å². The summed E-state index contributed by atoms with van der Waals surface area (Å²) in [4.78, 5) is 18.3. The molecule has 4 nitrogen and oxygen atoms in total. The zero-order valence-electron chi connectivity index (χ0n) is 11.3. The topological polar surface area (TPSA) is 42.4 Å². The maximum Gasteiger partial charge on any atom is 0.176 e. The van der Waals surface area contributed by atoms with Crippen LogP contribution in [0.4, 0.5) is 0 Å². The number of rotatable bonds is 6. The van der Waals surface area contributed by atoms with E-state index in [1.54, 1.807) is 42.2 Å². The average Bonchev–Trinajstić information content (AvgIpc) is 2.91.